The van der Waals surface area contributed by atoms with Gasteiger partial charge in [-0.3, -0.25) is 4.79 Å². The van der Waals surface area contributed by atoms with Crippen molar-refractivity contribution < 1.29 is 9.53 Å². The Morgan fingerprint density at radius 2 is 2.00 bits per heavy atom. The number of nitrogens with one attached hydrogen (secondary N) is 1. The first-order chi connectivity index (χ1) is 10.3. The minimum atomic E-state index is -0.178. The van der Waals surface area contributed by atoms with Gasteiger partial charge in [-0.25, -0.2) is 9.97 Å². The number of amides is 1. The Labute approximate surface area is 123 Å². The summed E-state index contributed by atoms with van der Waals surface area (Å²) in [6.45, 7) is 0.410. The molecule has 1 fully saturated rings. The molecule has 0 bridgehead atoms. The Morgan fingerprint density at radius 3 is 2.67 bits per heavy atom. The van der Waals surface area contributed by atoms with Gasteiger partial charge in [-0.1, -0.05) is 18.2 Å². The fraction of sp³-hybridized carbons (Fsp3) is 0.312. The van der Waals surface area contributed by atoms with E-state index in [0.717, 1.165) is 30.0 Å². The van der Waals surface area contributed by atoms with Crippen molar-refractivity contribution >= 4 is 5.91 Å². The van der Waals surface area contributed by atoms with Gasteiger partial charge in [-0.15, -0.1) is 0 Å². The van der Waals surface area contributed by atoms with Crippen molar-refractivity contribution in [2.24, 2.45) is 0 Å². The molecule has 0 spiro atoms. The molecule has 108 valence electrons. The van der Waals surface area contributed by atoms with Crippen LogP contribution in [0.25, 0.3) is 0 Å². The second kappa shape index (κ2) is 5.91. The number of aromatic nitrogens is 2. The van der Waals surface area contributed by atoms with Crippen molar-refractivity contribution in [3.8, 4) is 5.75 Å². The van der Waals surface area contributed by atoms with Crippen LogP contribution in [0.1, 0.15) is 40.5 Å². The highest BCUT2D eigenvalue weighted by Gasteiger charge is 2.26. The van der Waals surface area contributed by atoms with Gasteiger partial charge in [-0.05, 0) is 18.9 Å². The first kappa shape index (κ1) is 13.5. The highest BCUT2D eigenvalue weighted by atomic mass is 16.5. The zero-order chi connectivity index (χ0) is 14.7. The summed E-state index contributed by atoms with van der Waals surface area (Å²) in [5.41, 5.74) is 1.41. The van der Waals surface area contributed by atoms with Crippen molar-refractivity contribution in [1.29, 1.82) is 0 Å². The minimum Gasteiger partial charge on any atom is -0.496 e. The summed E-state index contributed by atoms with van der Waals surface area (Å²) in [6.07, 6.45) is 5.50. The second-order valence-electron chi connectivity index (χ2n) is 5.10. The molecule has 3 rings (SSSR count). The van der Waals surface area contributed by atoms with E-state index < -0.39 is 0 Å². The van der Waals surface area contributed by atoms with E-state index in [-0.39, 0.29) is 5.91 Å². The molecule has 21 heavy (non-hydrogen) atoms. The third-order valence-electron chi connectivity index (χ3n) is 3.51. The Bertz CT molecular complexity index is 636. The van der Waals surface area contributed by atoms with E-state index in [4.69, 9.17) is 4.74 Å². The van der Waals surface area contributed by atoms with Crippen LogP contribution in [0.15, 0.2) is 36.7 Å². The van der Waals surface area contributed by atoms with E-state index in [2.05, 4.69) is 15.3 Å². The molecule has 0 aliphatic heterocycles. The van der Waals surface area contributed by atoms with Crippen molar-refractivity contribution in [3.05, 3.63) is 53.6 Å². The van der Waals surface area contributed by atoms with E-state index in [0.29, 0.717) is 18.0 Å². The molecular formula is C16H17N3O2. The largest absolute Gasteiger partial charge is 0.496 e. The average Bonchev–Trinajstić information content (AvgIpc) is 3.38. The fourth-order valence-electron chi connectivity index (χ4n) is 2.13. The number of ether oxygens (including phenoxy) is 1. The van der Waals surface area contributed by atoms with Crippen LogP contribution >= 0.6 is 0 Å². The number of hydrogen-bond donors (Lipinski definition) is 1. The van der Waals surface area contributed by atoms with E-state index in [1.54, 1.807) is 19.5 Å². The summed E-state index contributed by atoms with van der Waals surface area (Å²) >= 11 is 0. The molecular weight excluding hydrogens is 266 g/mol. The maximum atomic E-state index is 12.1. The van der Waals surface area contributed by atoms with Gasteiger partial charge in [0.15, 0.2) is 0 Å². The van der Waals surface area contributed by atoms with Crippen LogP contribution in [-0.2, 0) is 6.54 Å². The standard InChI is InChI=1S/C16H17N3O2/c1-21-14-5-3-2-4-12(14)8-19-16(20)13-9-17-15(18-10-13)11-6-7-11/h2-5,9-11H,6-8H2,1H3,(H,19,20). The van der Waals surface area contributed by atoms with E-state index in [9.17, 15) is 4.79 Å². The van der Waals surface area contributed by atoms with E-state index in [1.807, 2.05) is 24.3 Å². The normalized spacial score (nSPS) is 13.8. The number of carbonyl (C=O) groups is 1. The molecule has 1 amide bonds. The van der Waals surface area contributed by atoms with Crippen LogP contribution in [0.3, 0.4) is 0 Å². The molecule has 1 N–H and O–H groups in total. The Hall–Kier alpha value is -2.43. The number of hydrogen-bond acceptors (Lipinski definition) is 4. The highest BCUT2D eigenvalue weighted by molar-refractivity contribution is 5.93. The number of para-hydroxylation sites is 1. The van der Waals surface area contributed by atoms with Crippen molar-refractivity contribution in [2.45, 2.75) is 25.3 Å². The molecule has 0 unspecified atom stereocenters. The van der Waals surface area contributed by atoms with Gasteiger partial charge in [0.1, 0.15) is 11.6 Å². The molecule has 1 aliphatic rings. The average molecular weight is 283 g/mol. The quantitative estimate of drug-likeness (QED) is 0.914. The number of benzene rings is 1. The van der Waals surface area contributed by atoms with Gasteiger partial charge >= 0.3 is 0 Å². The molecule has 1 aromatic carbocycles. The van der Waals surface area contributed by atoms with Gasteiger partial charge in [-0.2, -0.15) is 0 Å². The lowest BCUT2D eigenvalue weighted by molar-refractivity contribution is 0.0950. The minimum absolute atomic E-state index is 0.178. The van der Waals surface area contributed by atoms with Crippen molar-refractivity contribution in [1.82, 2.24) is 15.3 Å². The monoisotopic (exact) mass is 283 g/mol. The Kier molecular flexibility index (Phi) is 3.81. The first-order valence-corrected chi connectivity index (χ1v) is 7.00. The molecule has 2 aromatic rings. The zero-order valence-electron chi connectivity index (χ0n) is 11.9. The molecule has 5 heteroatoms. The maximum Gasteiger partial charge on any atom is 0.254 e. The molecule has 0 saturated heterocycles. The Morgan fingerprint density at radius 1 is 1.29 bits per heavy atom. The summed E-state index contributed by atoms with van der Waals surface area (Å²) in [4.78, 5) is 20.6. The molecule has 0 atom stereocenters. The topological polar surface area (TPSA) is 64.1 Å². The molecule has 1 heterocycles. The van der Waals surface area contributed by atoms with Crippen LogP contribution in [0.2, 0.25) is 0 Å². The van der Waals surface area contributed by atoms with Crippen molar-refractivity contribution in [3.63, 3.8) is 0 Å². The number of nitrogens with zero attached hydrogens (tertiary/aromatic N) is 2. The maximum absolute atomic E-state index is 12.1. The van der Waals surface area contributed by atoms with Crippen molar-refractivity contribution in [2.75, 3.05) is 7.11 Å². The lowest BCUT2D eigenvalue weighted by Crippen LogP contribution is -2.23. The lowest BCUT2D eigenvalue weighted by Gasteiger charge is -2.09. The molecule has 5 nitrogen and oxygen atoms in total. The molecule has 1 saturated carbocycles. The van der Waals surface area contributed by atoms with E-state index in [1.165, 1.54) is 0 Å². The predicted octanol–water partition coefficient (Wildman–Crippen LogP) is 2.29. The van der Waals surface area contributed by atoms with Gasteiger partial charge in [0, 0.05) is 30.4 Å². The smallest absolute Gasteiger partial charge is 0.254 e. The van der Waals surface area contributed by atoms with Crippen LogP contribution in [0.5, 0.6) is 5.75 Å². The van der Waals surface area contributed by atoms with Crippen LogP contribution in [0.4, 0.5) is 0 Å². The number of methoxy groups -OCH3 is 1. The number of rotatable bonds is 5. The molecule has 1 aliphatic carbocycles. The second-order valence-corrected chi connectivity index (χ2v) is 5.10. The highest BCUT2D eigenvalue weighted by Crippen LogP contribution is 2.37. The molecule has 1 aromatic heterocycles. The summed E-state index contributed by atoms with van der Waals surface area (Å²) in [5.74, 6) is 1.92. The van der Waals surface area contributed by atoms with Gasteiger partial charge < -0.3 is 10.1 Å². The molecule has 0 radical (unpaired) electrons. The van der Waals surface area contributed by atoms with Crippen LogP contribution in [-0.4, -0.2) is 23.0 Å². The summed E-state index contributed by atoms with van der Waals surface area (Å²) in [7, 11) is 1.62. The fourth-order valence-corrected chi connectivity index (χ4v) is 2.13. The summed E-state index contributed by atoms with van der Waals surface area (Å²) in [6, 6.07) is 7.60. The SMILES string of the molecule is COc1ccccc1CNC(=O)c1cnc(C2CC2)nc1. The summed E-state index contributed by atoms with van der Waals surface area (Å²) in [5, 5.41) is 2.86. The van der Waals surface area contributed by atoms with E-state index >= 15 is 0 Å². The first-order valence-electron chi connectivity index (χ1n) is 7.00. The third kappa shape index (κ3) is 3.18. The Balaban J connectivity index is 1.63. The zero-order valence-corrected chi connectivity index (χ0v) is 11.9. The number of carbonyl (C=O) groups excluding carboxylic acids is 1. The van der Waals surface area contributed by atoms with Crippen LogP contribution in [0, 0.1) is 0 Å². The summed E-state index contributed by atoms with van der Waals surface area (Å²) < 4.78 is 5.26. The van der Waals surface area contributed by atoms with Crippen LogP contribution < -0.4 is 10.1 Å². The predicted molar refractivity (Wildman–Crippen MR) is 78.2 cm³/mol. The third-order valence-corrected chi connectivity index (χ3v) is 3.51. The lowest BCUT2D eigenvalue weighted by atomic mass is 10.2. The van der Waals surface area contributed by atoms with Gasteiger partial charge in [0.25, 0.3) is 5.91 Å². The van der Waals surface area contributed by atoms with Gasteiger partial charge in [0.05, 0.1) is 12.7 Å². The van der Waals surface area contributed by atoms with Gasteiger partial charge in [0.2, 0.25) is 0 Å².